The number of rotatable bonds is 8. The second-order valence-corrected chi connectivity index (χ2v) is 9.69. The van der Waals surface area contributed by atoms with Gasteiger partial charge in [-0.2, -0.15) is 0 Å². The molecular weight excluding hydrogens is 496 g/mol. The minimum atomic E-state index is -2.10. The third kappa shape index (κ3) is 4.61. The van der Waals surface area contributed by atoms with E-state index < -0.39 is 47.7 Å². The number of carbonyl (C=O) groups is 2. The molecule has 0 saturated carbocycles. The highest BCUT2D eigenvalue weighted by Gasteiger charge is 2.52. The summed E-state index contributed by atoms with van der Waals surface area (Å²) in [6.45, 7) is 3.26. The number of ether oxygens (including phenoxy) is 2. The first-order valence-corrected chi connectivity index (χ1v) is 12.1. The average molecular weight is 524 g/mol. The Hall–Kier alpha value is -2.59. The molecule has 2 aliphatic heterocycles. The Balaban J connectivity index is 1.81. The molecule has 2 aliphatic rings. The summed E-state index contributed by atoms with van der Waals surface area (Å²) in [6.07, 6.45) is -1.85. The molecule has 0 spiro atoms. The van der Waals surface area contributed by atoms with Crippen molar-refractivity contribution in [3.8, 4) is 0 Å². The van der Waals surface area contributed by atoms with Crippen molar-refractivity contribution in [2.75, 3.05) is 19.8 Å². The van der Waals surface area contributed by atoms with E-state index in [9.17, 15) is 19.8 Å². The third-order valence-corrected chi connectivity index (χ3v) is 7.35. The molecule has 0 aromatic heterocycles. The molecule has 0 aliphatic carbocycles. The SMILES string of the molecule is CCOC1c2c(F)cc(C(C)(O)C3(F)CCOCC3)cc2C(=O)N1C(CC(=O)O)c1ccc(Cl)cc1. The highest BCUT2D eigenvalue weighted by Crippen LogP contribution is 2.47. The molecule has 1 saturated heterocycles. The molecule has 2 aromatic carbocycles. The van der Waals surface area contributed by atoms with Gasteiger partial charge in [-0.15, -0.1) is 0 Å². The summed E-state index contributed by atoms with van der Waals surface area (Å²) in [5.41, 5.74) is -3.98. The van der Waals surface area contributed by atoms with Gasteiger partial charge < -0.3 is 24.6 Å². The van der Waals surface area contributed by atoms with Gasteiger partial charge in [-0.05, 0) is 49.2 Å². The van der Waals surface area contributed by atoms with Gasteiger partial charge in [-0.3, -0.25) is 9.59 Å². The van der Waals surface area contributed by atoms with Crippen LogP contribution in [0.15, 0.2) is 36.4 Å². The van der Waals surface area contributed by atoms with Gasteiger partial charge in [-0.25, -0.2) is 8.78 Å². The number of halogens is 3. The van der Waals surface area contributed by atoms with Gasteiger partial charge in [0.1, 0.15) is 17.1 Å². The number of alkyl halides is 1. The molecule has 36 heavy (non-hydrogen) atoms. The molecule has 1 fully saturated rings. The lowest BCUT2D eigenvalue weighted by molar-refractivity contribution is -0.143. The maximum Gasteiger partial charge on any atom is 0.305 e. The third-order valence-electron chi connectivity index (χ3n) is 7.10. The minimum Gasteiger partial charge on any atom is -0.481 e. The van der Waals surface area contributed by atoms with E-state index in [1.165, 1.54) is 17.9 Å². The predicted molar refractivity (Wildman–Crippen MR) is 127 cm³/mol. The van der Waals surface area contributed by atoms with Crippen LogP contribution >= 0.6 is 11.6 Å². The Kier molecular flexibility index (Phi) is 7.39. The van der Waals surface area contributed by atoms with E-state index >= 15 is 8.78 Å². The summed E-state index contributed by atoms with van der Waals surface area (Å²) in [4.78, 5) is 26.6. The number of carbonyl (C=O) groups excluding carboxylic acids is 1. The fourth-order valence-electron chi connectivity index (χ4n) is 5.01. The van der Waals surface area contributed by atoms with Crippen molar-refractivity contribution in [1.29, 1.82) is 0 Å². The molecule has 2 N–H and O–H groups in total. The van der Waals surface area contributed by atoms with Gasteiger partial charge in [0.25, 0.3) is 5.91 Å². The van der Waals surface area contributed by atoms with Gasteiger partial charge in [-0.1, -0.05) is 23.7 Å². The Morgan fingerprint density at radius 3 is 2.53 bits per heavy atom. The van der Waals surface area contributed by atoms with Gasteiger partial charge in [0, 0.05) is 43.2 Å². The van der Waals surface area contributed by atoms with Crippen LogP contribution in [0.1, 0.15) is 72.4 Å². The first-order chi connectivity index (χ1) is 17.0. The lowest BCUT2D eigenvalue weighted by atomic mass is 9.75. The van der Waals surface area contributed by atoms with E-state index in [0.29, 0.717) is 10.6 Å². The number of hydrogen-bond donors (Lipinski definition) is 2. The number of amides is 1. The molecule has 3 unspecified atom stereocenters. The highest BCUT2D eigenvalue weighted by molar-refractivity contribution is 6.30. The summed E-state index contributed by atoms with van der Waals surface area (Å²) >= 11 is 5.98. The van der Waals surface area contributed by atoms with Gasteiger partial charge >= 0.3 is 5.97 Å². The smallest absolute Gasteiger partial charge is 0.305 e. The van der Waals surface area contributed by atoms with Crippen LogP contribution < -0.4 is 0 Å². The van der Waals surface area contributed by atoms with Crippen molar-refractivity contribution in [3.05, 3.63) is 69.5 Å². The largest absolute Gasteiger partial charge is 0.481 e. The highest BCUT2D eigenvalue weighted by atomic mass is 35.5. The monoisotopic (exact) mass is 523 g/mol. The fourth-order valence-corrected chi connectivity index (χ4v) is 5.13. The number of aliphatic carboxylic acids is 1. The van der Waals surface area contributed by atoms with Crippen LogP contribution in [0.4, 0.5) is 8.78 Å². The van der Waals surface area contributed by atoms with Crippen LogP contribution in [-0.4, -0.2) is 52.5 Å². The average Bonchev–Trinajstić information content (AvgIpc) is 3.10. The van der Waals surface area contributed by atoms with E-state index in [2.05, 4.69) is 0 Å². The molecule has 3 atom stereocenters. The minimum absolute atomic E-state index is 0.0781. The zero-order chi connectivity index (χ0) is 26.3. The molecule has 7 nitrogen and oxygen atoms in total. The number of carboxylic acid groups (broad SMARTS) is 1. The number of nitrogens with zero attached hydrogens (tertiary/aromatic N) is 1. The van der Waals surface area contributed by atoms with Crippen molar-refractivity contribution in [3.63, 3.8) is 0 Å². The molecule has 0 radical (unpaired) electrons. The Morgan fingerprint density at radius 2 is 1.94 bits per heavy atom. The molecule has 1 amide bonds. The van der Waals surface area contributed by atoms with Gasteiger partial charge in [0.05, 0.1) is 18.0 Å². The van der Waals surface area contributed by atoms with Gasteiger partial charge in [0.2, 0.25) is 0 Å². The van der Waals surface area contributed by atoms with E-state index in [-0.39, 0.29) is 49.4 Å². The molecule has 0 bridgehead atoms. The Labute approximate surface area is 212 Å². The summed E-state index contributed by atoms with van der Waals surface area (Å²) in [5.74, 6) is -2.70. The van der Waals surface area contributed by atoms with Crippen molar-refractivity contribution in [1.82, 2.24) is 4.90 Å². The number of carboxylic acids is 1. The van der Waals surface area contributed by atoms with Crippen LogP contribution in [0.5, 0.6) is 0 Å². The van der Waals surface area contributed by atoms with Crippen LogP contribution in [0, 0.1) is 5.82 Å². The van der Waals surface area contributed by atoms with Gasteiger partial charge in [0.15, 0.2) is 6.23 Å². The standard InChI is InChI=1S/C26H28ClF2NO6/c1-3-36-24-22-18(12-16(13-19(22)28)25(2,34)26(29)8-10-35-11-9-26)23(33)30(24)20(14-21(31)32)15-4-6-17(27)7-5-15/h4-7,12-13,20,24,34H,3,8-11,14H2,1-2H3,(H,31,32). The Bertz CT molecular complexity index is 1150. The second kappa shape index (κ2) is 10.0. The second-order valence-electron chi connectivity index (χ2n) is 9.25. The molecular formula is C26H28ClF2NO6. The van der Waals surface area contributed by atoms with Crippen molar-refractivity contribution in [2.24, 2.45) is 0 Å². The fraction of sp³-hybridized carbons (Fsp3) is 0.462. The number of hydrogen-bond acceptors (Lipinski definition) is 5. The number of benzene rings is 2. The van der Waals surface area contributed by atoms with Crippen LogP contribution in [0.3, 0.4) is 0 Å². The summed E-state index contributed by atoms with van der Waals surface area (Å²) in [5, 5.41) is 21.3. The first-order valence-electron chi connectivity index (χ1n) is 11.7. The van der Waals surface area contributed by atoms with E-state index in [0.717, 1.165) is 6.07 Å². The summed E-state index contributed by atoms with van der Waals surface area (Å²) in [6, 6.07) is 7.64. The maximum absolute atomic E-state index is 15.8. The molecule has 194 valence electrons. The normalized spacial score (nSPS) is 21.7. The van der Waals surface area contributed by atoms with E-state index in [1.807, 2.05) is 0 Å². The van der Waals surface area contributed by atoms with E-state index in [1.54, 1.807) is 31.2 Å². The maximum atomic E-state index is 15.8. The van der Waals surface area contributed by atoms with E-state index in [4.69, 9.17) is 21.1 Å². The number of fused-ring (bicyclic) bond motifs is 1. The quantitative estimate of drug-likeness (QED) is 0.510. The summed E-state index contributed by atoms with van der Waals surface area (Å²) < 4.78 is 42.4. The molecule has 2 heterocycles. The zero-order valence-electron chi connectivity index (χ0n) is 20.0. The lowest BCUT2D eigenvalue weighted by Crippen LogP contribution is -2.50. The van der Waals surface area contributed by atoms with Crippen LogP contribution in [-0.2, 0) is 19.9 Å². The Morgan fingerprint density at radius 1 is 1.31 bits per heavy atom. The topological polar surface area (TPSA) is 96.3 Å². The van der Waals surface area contributed by atoms with Crippen molar-refractivity contribution >= 4 is 23.5 Å². The molecule has 2 aromatic rings. The summed E-state index contributed by atoms with van der Waals surface area (Å²) in [7, 11) is 0. The van der Waals surface area contributed by atoms with Crippen molar-refractivity contribution in [2.45, 2.75) is 56.6 Å². The first kappa shape index (κ1) is 26.5. The van der Waals surface area contributed by atoms with Crippen LogP contribution in [0.25, 0.3) is 0 Å². The predicted octanol–water partition coefficient (Wildman–Crippen LogP) is 4.91. The van der Waals surface area contributed by atoms with Crippen LogP contribution in [0.2, 0.25) is 5.02 Å². The number of aliphatic hydroxyl groups is 1. The zero-order valence-corrected chi connectivity index (χ0v) is 20.7. The lowest BCUT2D eigenvalue weighted by Gasteiger charge is -2.41. The molecule has 4 rings (SSSR count). The van der Waals surface area contributed by atoms with Crippen molar-refractivity contribution < 1.29 is 38.1 Å². The molecule has 10 heteroatoms.